The van der Waals surface area contributed by atoms with E-state index in [1.54, 1.807) is 0 Å². The third kappa shape index (κ3) is 2.28. The maximum Gasteiger partial charge on any atom is 0.417 e. The van der Waals surface area contributed by atoms with Crippen molar-refractivity contribution in [1.29, 1.82) is 5.26 Å². The van der Waals surface area contributed by atoms with Gasteiger partial charge in [0, 0.05) is 12.5 Å². The standard InChI is InChI=1S/C16H17F3N2O3S/c1-15-5-4-13(24-15)14-12(15)8-21(25(14,22)23)10-3-2-9(7-20)11(6-10)16(17,18)19/h2-3,6,12-14,22-23H,4-5,8H2,1H3/t12-,13+,14+,15-/m0/s1. The molecule has 1 aromatic rings. The number of nitriles is 1. The van der Waals surface area contributed by atoms with E-state index in [9.17, 15) is 22.3 Å². The van der Waals surface area contributed by atoms with Crippen LogP contribution in [0.5, 0.6) is 0 Å². The Morgan fingerprint density at radius 1 is 1.40 bits per heavy atom. The number of hydrogen-bond acceptors (Lipinski definition) is 5. The van der Waals surface area contributed by atoms with E-state index in [1.165, 1.54) is 16.4 Å². The lowest BCUT2D eigenvalue weighted by Crippen LogP contribution is -2.37. The Hall–Kier alpha value is -1.47. The second-order valence-electron chi connectivity index (χ2n) is 7.04. The molecule has 3 aliphatic heterocycles. The topological polar surface area (TPSA) is 76.7 Å². The molecule has 0 aliphatic carbocycles. The number of benzene rings is 1. The molecule has 136 valence electrons. The van der Waals surface area contributed by atoms with Gasteiger partial charge in [-0.05, 0) is 38.0 Å². The first-order chi connectivity index (χ1) is 11.6. The fraction of sp³-hybridized carbons (Fsp3) is 0.562. The normalized spacial score (nSPS) is 37.0. The second kappa shape index (κ2) is 5.04. The van der Waals surface area contributed by atoms with E-state index in [0.29, 0.717) is 0 Å². The molecule has 3 aliphatic rings. The molecule has 9 heteroatoms. The predicted octanol–water partition coefficient (Wildman–Crippen LogP) is 4.00. The van der Waals surface area contributed by atoms with Gasteiger partial charge in [0.1, 0.15) is 5.25 Å². The largest absolute Gasteiger partial charge is 0.417 e. The Morgan fingerprint density at radius 3 is 2.72 bits per heavy atom. The van der Waals surface area contributed by atoms with Crippen LogP contribution in [-0.4, -0.2) is 32.6 Å². The zero-order chi connectivity index (χ0) is 18.2. The highest BCUT2D eigenvalue weighted by Gasteiger charge is 2.66. The van der Waals surface area contributed by atoms with Crippen LogP contribution in [0.25, 0.3) is 0 Å². The van der Waals surface area contributed by atoms with E-state index >= 15 is 0 Å². The van der Waals surface area contributed by atoms with Gasteiger partial charge in [-0.15, -0.1) is 10.8 Å². The number of hydrogen-bond donors (Lipinski definition) is 2. The maximum atomic E-state index is 13.2. The summed E-state index contributed by atoms with van der Waals surface area (Å²) in [6.45, 7) is 2.15. The van der Waals surface area contributed by atoms with E-state index in [1.807, 2.05) is 6.92 Å². The van der Waals surface area contributed by atoms with Crippen molar-refractivity contribution in [3.05, 3.63) is 29.3 Å². The van der Waals surface area contributed by atoms with E-state index in [2.05, 4.69) is 0 Å². The molecule has 4 rings (SSSR count). The smallest absolute Gasteiger partial charge is 0.370 e. The number of ether oxygens (including phenoxy) is 1. The van der Waals surface area contributed by atoms with Crippen molar-refractivity contribution < 1.29 is 27.0 Å². The number of fused-ring (bicyclic) bond motifs is 5. The van der Waals surface area contributed by atoms with Crippen LogP contribution in [0, 0.1) is 17.2 Å². The summed E-state index contributed by atoms with van der Waals surface area (Å²) < 4.78 is 68.4. The lowest BCUT2D eigenvalue weighted by Gasteiger charge is -2.43. The fourth-order valence-corrected chi connectivity index (χ4v) is 6.95. The van der Waals surface area contributed by atoms with E-state index in [4.69, 9.17) is 10.00 Å². The minimum Gasteiger partial charge on any atom is -0.370 e. The summed E-state index contributed by atoms with van der Waals surface area (Å²) in [6.07, 6.45) is -3.43. The van der Waals surface area contributed by atoms with Crippen LogP contribution in [0.2, 0.25) is 0 Å². The quantitative estimate of drug-likeness (QED) is 0.777. The van der Waals surface area contributed by atoms with Crippen molar-refractivity contribution in [3.63, 3.8) is 0 Å². The van der Waals surface area contributed by atoms with Gasteiger partial charge in [0.2, 0.25) is 0 Å². The molecule has 1 aromatic carbocycles. The van der Waals surface area contributed by atoms with Crippen LogP contribution in [0.1, 0.15) is 30.9 Å². The monoisotopic (exact) mass is 374 g/mol. The van der Waals surface area contributed by atoms with Gasteiger partial charge in [-0.3, -0.25) is 13.4 Å². The lowest BCUT2D eigenvalue weighted by molar-refractivity contribution is -0.137. The van der Waals surface area contributed by atoms with Crippen LogP contribution >= 0.6 is 10.8 Å². The number of anilines is 1. The zero-order valence-electron chi connectivity index (χ0n) is 13.3. The first-order valence-electron chi connectivity index (χ1n) is 7.92. The number of alkyl halides is 3. The zero-order valence-corrected chi connectivity index (χ0v) is 14.1. The molecule has 0 amide bonds. The molecular formula is C16H17F3N2O3S. The molecule has 0 aromatic heterocycles. The Labute approximate surface area is 144 Å². The van der Waals surface area contributed by atoms with Crippen molar-refractivity contribution >= 4 is 16.5 Å². The predicted molar refractivity (Wildman–Crippen MR) is 86.1 cm³/mol. The molecule has 3 fully saturated rings. The van der Waals surface area contributed by atoms with Crippen molar-refractivity contribution in [1.82, 2.24) is 0 Å². The molecular weight excluding hydrogens is 357 g/mol. The molecule has 2 N–H and O–H groups in total. The van der Waals surface area contributed by atoms with Gasteiger partial charge in [0.25, 0.3) is 0 Å². The Kier molecular flexibility index (Phi) is 3.42. The summed E-state index contributed by atoms with van der Waals surface area (Å²) in [6, 6.07) is 4.79. The van der Waals surface area contributed by atoms with E-state index in [0.717, 1.165) is 25.0 Å². The van der Waals surface area contributed by atoms with Crippen molar-refractivity contribution in [2.75, 3.05) is 10.8 Å². The molecule has 25 heavy (non-hydrogen) atoms. The molecule has 0 radical (unpaired) electrons. The Bertz CT molecular complexity index is 779. The average Bonchev–Trinajstić information content (AvgIpc) is 3.13. The van der Waals surface area contributed by atoms with Crippen LogP contribution in [-0.2, 0) is 10.9 Å². The highest BCUT2D eigenvalue weighted by molar-refractivity contribution is 8.26. The van der Waals surface area contributed by atoms with Gasteiger partial charge >= 0.3 is 6.18 Å². The summed E-state index contributed by atoms with van der Waals surface area (Å²) in [5.74, 6) is -0.138. The first-order valence-corrected chi connectivity index (χ1v) is 9.48. The first kappa shape index (κ1) is 17.0. The van der Waals surface area contributed by atoms with Crippen molar-refractivity contribution in [2.24, 2.45) is 5.92 Å². The van der Waals surface area contributed by atoms with Gasteiger partial charge in [0.05, 0.1) is 34.6 Å². The van der Waals surface area contributed by atoms with Gasteiger partial charge < -0.3 is 4.74 Å². The summed E-state index contributed by atoms with van der Waals surface area (Å²) in [4.78, 5) is 0. The van der Waals surface area contributed by atoms with Gasteiger partial charge in [-0.25, -0.2) is 0 Å². The molecule has 0 unspecified atom stereocenters. The summed E-state index contributed by atoms with van der Waals surface area (Å²) in [7, 11) is -3.31. The van der Waals surface area contributed by atoms with E-state index in [-0.39, 0.29) is 24.3 Å². The molecule has 0 spiro atoms. The van der Waals surface area contributed by atoms with Crippen LogP contribution in [0.15, 0.2) is 18.2 Å². The number of halogens is 3. The molecule has 3 saturated heterocycles. The molecule has 0 saturated carbocycles. The van der Waals surface area contributed by atoms with E-state index < -0.39 is 38.9 Å². The van der Waals surface area contributed by atoms with Crippen LogP contribution < -0.4 is 4.31 Å². The van der Waals surface area contributed by atoms with Gasteiger partial charge in [-0.1, -0.05) is 0 Å². The summed E-state index contributed by atoms with van der Waals surface area (Å²) >= 11 is 0. The lowest BCUT2D eigenvalue weighted by atomic mass is 9.79. The molecule has 5 nitrogen and oxygen atoms in total. The Morgan fingerprint density at radius 2 is 2.12 bits per heavy atom. The highest BCUT2D eigenvalue weighted by atomic mass is 32.3. The number of nitrogens with zero attached hydrogens (tertiary/aromatic N) is 2. The number of rotatable bonds is 1. The summed E-state index contributed by atoms with van der Waals surface area (Å²) in [5, 5.41) is 8.42. The van der Waals surface area contributed by atoms with Crippen LogP contribution in [0.3, 0.4) is 0 Å². The third-order valence-corrected chi connectivity index (χ3v) is 8.03. The minimum absolute atomic E-state index is 0.0729. The van der Waals surface area contributed by atoms with Gasteiger partial charge in [-0.2, -0.15) is 18.4 Å². The third-order valence-electron chi connectivity index (χ3n) is 5.66. The molecule has 4 atom stereocenters. The Balaban J connectivity index is 1.75. The van der Waals surface area contributed by atoms with Crippen molar-refractivity contribution in [3.8, 4) is 6.07 Å². The fourth-order valence-electron chi connectivity index (χ4n) is 4.44. The summed E-state index contributed by atoms with van der Waals surface area (Å²) in [5.41, 5.74) is -1.94. The van der Waals surface area contributed by atoms with Crippen LogP contribution in [0.4, 0.5) is 18.9 Å². The van der Waals surface area contributed by atoms with Gasteiger partial charge in [0.15, 0.2) is 0 Å². The second-order valence-corrected chi connectivity index (χ2v) is 9.15. The average molecular weight is 374 g/mol. The maximum absolute atomic E-state index is 13.2. The SMILES string of the molecule is C[C@@]12CC[C@@H](O1)[C@H]1[C@@H]2CN(c2ccc(C#N)c(C(F)(F)F)c2)S1(O)O. The minimum atomic E-state index is -4.69. The molecule has 2 bridgehead atoms. The molecule has 3 heterocycles. The highest BCUT2D eigenvalue weighted by Crippen LogP contribution is 2.68. The van der Waals surface area contributed by atoms with Crippen molar-refractivity contribution in [2.45, 2.75) is 42.9 Å².